The number of carbonyl (C=O) groups excluding carboxylic acids is 3. The first-order valence-electron chi connectivity index (χ1n) is 15.9. The van der Waals surface area contributed by atoms with Crippen molar-refractivity contribution in [2.75, 3.05) is 19.6 Å². The molecule has 1 unspecified atom stereocenters. The predicted octanol–water partition coefficient (Wildman–Crippen LogP) is 3.83. The quantitative estimate of drug-likeness (QED) is 0.158. The van der Waals surface area contributed by atoms with Crippen molar-refractivity contribution in [2.45, 2.75) is 116 Å². The topological polar surface area (TPSA) is 163 Å². The minimum Gasteiger partial charge on any atom is -0.480 e. The number of unbranched alkanes of at least 4 members (excludes halogenated alkanes) is 1. The lowest BCUT2D eigenvalue weighted by molar-refractivity contribution is -0.143. The van der Waals surface area contributed by atoms with Gasteiger partial charge in [0.1, 0.15) is 17.7 Å². The van der Waals surface area contributed by atoms with E-state index in [2.05, 4.69) is 16.0 Å². The zero-order valence-corrected chi connectivity index (χ0v) is 27.4. The highest BCUT2D eigenvalue weighted by Crippen LogP contribution is 2.29. The number of ether oxygens (including phenoxy) is 1. The van der Waals surface area contributed by atoms with Crippen LogP contribution < -0.4 is 21.7 Å². The van der Waals surface area contributed by atoms with E-state index in [1.807, 2.05) is 20.8 Å². The van der Waals surface area contributed by atoms with Crippen LogP contribution >= 0.6 is 0 Å². The lowest BCUT2D eigenvalue weighted by atomic mass is 9.99. The summed E-state index contributed by atoms with van der Waals surface area (Å²) in [4.78, 5) is 51.7. The number of aliphatic carboxylic acids is 1. The van der Waals surface area contributed by atoms with E-state index in [1.165, 1.54) is 12.1 Å². The fourth-order valence-corrected chi connectivity index (χ4v) is 5.29. The molecule has 46 heavy (non-hydrogen) atoms. The van der Waals surface area contributed by atoms with Crippen LogP contribution in [0.15, 0.2) is 24.3 Å². The Morgan fingerprint density at radius 3 is 2.30 bits per heavy atom. The number of amides is 3. The Morgan fingerprint density at radius 1 is 1.07 bits per heavy atom. The van der Waals surface area contributed by atoms with Crippen LogP contribution in [0.25, 0.3) is 0 Å². The molecule has 0 spiro atoms. The monoisotopic (exact) mass is 657 g/mol. The number of hydrogen-bond donors (Lipinski definition) is 5. The fourth-order valence-electron chi connectivity index (χ4n) is 5.29. The normalized spacial score (nSPS) is 18.2. The number of hydrogen-bond acceptors (Lipinski definition) is 7. The Morgan fingerprint density at radius 2 is 1.72 bits per heavy atom. The van der Waals surface area contributed by atoms with Crippen molar-refractivity contribution in [1.82, 2.24) is 20.9 Å². The van der Waals surface area contributed by atoms with Gasteiger partial charge in [0.2, 0.25) is 11.8 Å². The van der Waals surface area contributed by atoms with E-state index in [-0.39, 0.29) is 37.9 Å². The van der Waals surface area contributed by atoms with Gasteiger partial charge in [0.15, 0.2) is 0 Å². The van der Waals surface area contributed by atoms with Crippen molar-refractivity contribution in [3.8, 4) is 0 Å². The minimum atomic E-state index is -4.49. The maximum absolute atomic E-state index is 13.1. The molecule has 0 bridgehead atoms. The van der Waals surface area contributed by atoms with Gasteiger partial charge in [0, 0.05) is 25.6 Å². The van der Waals surface area contributed by atoms with Gasteiger partial charge in [-0.3, -0.25) is 19.3 Å². The van der Waals surface area contributed by atoms with E-state index < -0.39 is 59.3 Å². The second-order valence-electron chi connectivity index (χ2n) is 12.8. The van der Waals surface area contributed by atoms with Crippen molar-refractivity contribution >= 4 is 23.9 Å². The molecule has 5 atom stereocenters. The van der Waals surface area contributed by atoms with Crippen LogP contribution in [-0.2, 0) is 31.7 Å². The maximum atomic E-state index is 13.1. The van der Waals surface area contributed by atoms with E-state index in [9.17, 15) is 37.5 Å². The lowest BCUT2D eigenvalue weighted by Gasteiger charge is -2.32. The molecule has 1 aliphatic heterocycles. The van der Waals surface area contributed by atoms with Crippen LogP contribution in [0.2, 0.25) is 0 Å². The van der Waals surface area contributed by atoms with Gasteiger partial charge in [0.25, 0.3) is 0 Å². The molecule has 1 aromatic carbocycles. The number of carbonyl (C=O) groups is 4. The molecule has 1 fully saturated rings. The highest BCUT2D eigenvalue weighted by atomic mass is 19.4. The number of rotatable bonds is 17. The Kier molecular flexibility index (Phi) is 14.8. The van der Waals surface area contributed by atoms with Crippen LogP contribution in [0, 0.1) is 5.92 Å². The SMILES string of the molecule is CCC(C)[C@H](C)NC(=O)[C@@H](Cc1ccc(C(F)(F)F)cc1)NC(=O)[C@@H](N)CCCCNC(=O)OC(C)(C)CN1CCC[C@@H]1C(=O)O. The molecule has 0 saturated carbocycles. The Balaban J connectivity index is 1.86. The number of likely N-dealkylation sites (tertiary alicyclic amines) is 1. The van der Waals surface area contributed by atoms with Gasteiger partial charge in [0.05, 0.1) is 11.6 Å². The lowest BCUT2D eigenvalue weighted by Crippen LogP contribution is -2.54. The molecular weight excluding hydrogens is 607 g/mol. The third-order valence-electron chi connectivity index (χ3n) is 8.37. The standard InChI is InChI=1S/C32H50F3N5O6/c1-6-20(2)21(3)38-28(42)25(18-22-12-14-23(15-13-22)32(33,34)35)39-27(41)24(36)10-7-8-16-37-30(45)46-31(4,5)19-40-17-9-11-26(40)29(43)44/h12-15,20-21,24-26H,6-11,16-19,36H2,1-5H3,(H,37,45)(H,38,42)(H,39,41)(H,43,44)/t20?,21-,24-,25+,26+/m0/s1. The van der Waals surface area contributed by atoms with E-state index in [0.29, 0.717) is 31.4 Å². The zero-order chi connectivity index (χ0) is 34.7. The van der Waals surface area contributed by atoms with Crippen LogP contribution in [0.3, 0.4) is 0 Å². The van der Waals surface area contributed by atoms with Gasteiger partial charge in [-0.05, 0) is 83.0 Å². The van der Waals surface area contributed by atoms with Crippen molar-refractivity contribution < 1.29 is 42.2 Å². The average molecular weight is 658 g/mol. The summed E-state index contributed by atoms with van der Waals surface area (Å²) in [6.07, 6.45) is -1.77. The van der Waals surface area contributed by atoms with E-state index in [1.54, 1.807) is 18.7 Å². The third-order valence-corrected chi connectivity index (χ3v) is 8.37. The number of nitrogens with one attached hydrogen (secondary N) is 3. The Hall–Kier alpha value is -3.39. The first-order chi connectivity index (χ1) is 21.4. The fraction of sp³-hybridized carbons (Fsp3) is 0.688. The first-order valence-corrected chi connectivity index (χ1v) is 15.9. The van der Waals surface area contributed by atoms with Crippen molar-refractivity contribution in [1.29, 1.82) is 0 Å². The van der Waals surface area contributed by atoms with Gasteiger partial charge in [-0.25, -0.2) is 4.79 Å². The Bertz CT molecular complexity index is 1160. The number of carboxylic acids is 1. The molecular formula is C32H50F3N5O6. The van der Waals surface area contributed by atoms with Crippen molar-refractivity contribution in [3.63, 3.8) is 0 Å². The highest BCUT2D eigenvalue weighted by Gasteiger charge is 2.36. The molecule has 0 radical (unpaired) electrons. The van der Waals surface area contributed by atoms with Crippen LogP contribution in [0.4, 0.5) is 18.0 Å². The molecule has 1 aromatic rings. The van der Waals surface area contributed by atoms with Crippen molar-refractivity contribution in [3.05, 3.63) is 35.4 Å². The van der Waals surface area contributed by atoms with Gasteiger partial charge in [-0.2, -0.15) is 13.2 Å². The Labute approximate surface area is 269 Å². The molecule has 11 nitrogen and oxygen atoms in total. The first kappa shape index (κ1) is 38.8. The number of alkyl halides is 3. The number of alkyl carbamates (subject to hydrolysis) is 1. The molecule has 1 aliphatic rings. The summed E-state index contributed by atoms with van der Waals surface area (Å²) < 4.78 is 44.5. The number of nitrogens with two attached hydrogens (primary N) is 1. The number of carboxylic acid groups (broad SMARTS) is 1. The highest BCUT2D eigenvalue weighted by molar-refractivity contribution is 5.90. The summed E-state index contributed by atoms with van der Waals surface area (Å²) in [6.45, 7) is 10.4. The van der Waals surface area contributed by atoms with Gasteiger partial charge < -0.3 is 31.5 Å². The van der Waals surface area contributed by atoms with Crippen LogP contribution in [0.5, 0.6) is 0 Å². The van der Waals surface area contributed by atoms with Crippen LogP contribution in [-0.4, -0.2) is 83.3 Å². The summed E-state index contributed by atoms with van der Waals surface area (Å²) in [5.41, 5.74) is 4.84. The maximum Gasteiger partial charge on any atom is 0.416 e. The predicted molar refractivity (Wildman–Crippen MR) is 167 cm³/mol. The smallest absolute Gasteiger partial charge is 0.416 e. The van der Waals surface area contributed by atoms with Gasteiger partial charge in [-0.15, -0.1) is 0 Å². The molecule has 3 amide bonds. The molecule has 0 aliphatic carbocycles. The van der Waals surface area contributed by atoms with E-state index in [4.69, 9.17) is 10.5 Å². The zero-order valence-electron chi connectivity index (χ0n) is 27.4. The summed E-state index contributed by atoms with van der Waals surface area (Å²) >= 11 is 0. The van der Waals surface area contributed by atoms with Gasteiger partial charge in [-0.1, -0.05) is 32.4 Å². The second kappa shape index (κ2) is 17.5. The van der Waals surface area contributed by atoms with Crippen LogP contribution in [0.1, 0.15) is 84.3 Å². The number of nitrogens with zero attached hydrogens (tertiary/aromatic N) is 1. The number of benzene rings is 1. The summed E-state index contributed by atoms with van der Waals surface area (Å²) in [5.74, 6) is -1.75. The molecule has 0 aromatic heterocycles. The number of halogens is 3. The average Bonchev–Trinajstić information content (AvgIpc) is 3.43. The van der Waals surface area contributed by atoms with Crippen molar-refractivity contribution in [2.24, 2.45) is 11.7 Å². The van der Waals surface area contributed by atoms with Gasteiger partial charge >= 0.3 is 18.2 Å². The molecule has 2 rings (SSSR count). The molecule has 14 heteroatoms. The molecule has 1 saturated heterocycles. The largest absolute Gasteiger partial charge is 0.480 e. The summed E-state index contributed by atoms with van der Waals surface area (Å²) in [5, 5.41) is 17.6. The molecule has 6 N–H and O–H groups in total. The minimum absolute atomic E-state index is 0.0211. The molecule has 260 valence electrons. The third kappa shape index (κ3) is 12.8. The second-order valence-corrected chi connectivity index (χ2v) is 12.8. The van der Waals surface area contributed by atoms with E-state index >= 15 is 0 Å². The molecule has 1 heterocycles. The van der Waals surface area contributed by atoms with E-state index in [0.717, 1.165) is 25.0 Å². The summed E-state index contributed by atoms with van der Waals surface area (Å²) in [6, 6.07) is 1.66. The summed E-state index contributed by atoms with van der Waals surface area (Å²) in [7, 11) is 0.